The average Bonchev–Trinajstić information content (AvgIpc) is 3.19. The molecule has 3 heterocycles. The molecule has 2 saturated heterocycles. The summed E-state index contributed by atoms with van der Waals surface area (Å²) < 4.78 is 26.7. The van der Waals surface area contributed by atoms with Crippen molar-refractivity contribution in [3.05, 3.63) is 53.9 Å². The summed E-state index contributed by atoms with van der Waals surface area (Å²) >= 11 is 0. The number of carbonyl (C=O) groups excluding carboxylic acids is 1. The fourth-order valence-corrected chi connectivity index (χ4v) is 5.14. The Labute approximate surface area is 153 Å². The first-order valence-corrected chi connectivity index (χ1v) is 10.4. The van der Waals surface area contributed by atoms with Gasteiger partial charge in [0, 0.05) is 31.0 Å². The normalized spacial score (nSPS) is 23.0. The van der Waals surface area contributed by atoms with Crippen molar-refractivity contribution in [2.45, 2.75) is 43.2 Å². The van der Waals surface area contributed by atoms with Crippen molar-refractivity contribution in [2.75, 3.05) is 13.1 Å². The Morgan fingerprint density at radius 1 is 1.08 bits per heavy atom. The molecule has 0 saturated carbocycles. The second kappa shape index (κ2) is 6.55. The molecule has 0 spiro atoms. The van der Waals surface area contributed by atoms with Crippen LogP contribution in [0.15, 0.2) is 47.6 Å². The van der Waals surface area contributed by atoms with Crippen LogP contribution in [-0.2, 0) is 10.0 Å². The number of carbonyl (C=O) groups is 1. The largest absolute Gasteiger partial charge is 0.331 e. The Kier molecular flexibility index (Phi) is 4.36. The third-order valence-corrected chi connectivity index (χ3v) is 7.05. The molecule has 1 aromatic heterocycles. The van der Waals surface area contributed by atoms with Crippen LogP contribution in [-0.4, -0.2) is 48.4 Å². The van der Waals surface area contributed by atoms with Gasteiger partial charge < -0.3 is 10.2 Å². The quantitative estimate of drug-likeness (QED) is 0.893. The molecular weight excluding hydrogens is 350 g/mol. The van der Waals surface area contributed by atoms with E-state index in [2.05, 4.69) is 5.32 Å². The van der Waals surface area contributed by atoms with E-state index in [-0.39, 0.29) is 22.9 Å². The number of fused-ring (bicyclic) bond motifs is 2. The van der Waals surface area contributed by atoms with Crippen LogP contribution in [0.4, 0.5) is 0 Å². The number of hydrogen-bond acceptors (Lipinski definition) is 4. The summed E-state index contributed by atoms with van der Waals surface area (Å²) in [5.41, 5.74) is 1.43. The van der Waals surface area contributed by atoms with E-state index in [9.17, 15) is 13.2 Å². The van der Waals surface area contributed by atoms with Crippen molar-refractivity contribution in [1.82, 2.24) is 14.2 Å². The molecule has 2 bridgehead atoms. The molecule has 4 rings (SSSR count). The number of hydrogen-bond donors (Lipinski definition) is 1. The number of aryl methyl sites for hydroxylation is 1. The van der Waals surface area contributed by atoms with Gasteiger partial charge in [0.25, 0.3) is 15.9 Å². The van der Waals surface area contributed by atoms with Gasteiger partial charge in [-0.15, -0.1) is 0 Å². The van der Waals surface area contributed by atoms with Gasteiger partial charge in [-0.1, -0.05) is 17.7 Å². The summed E-state index contributed by atoms with van der Waals surface area (Å²) in [5.74, 6) is -0.0703. The summed E-state index contributed by atoms with van der Waals surface area (Å²) in [6, 6.07) is 8.77. The molecular formula is C19H23N3O3S. The monoisotopic (exact) mass is 373 g/mol. The van der Waals surface area contributed by atoms with E-state index in [1.54, 1.807) is 30.3 Å². The average molecular weight is 373 g/mol. The van der Waals surface area contributed by atoms with Gasteiger partial charge in [0.15, 0.2) is 0 Å². The molecule has 2 aromatic rings. The maximum atomic E-state index is 13.0. The SMILES string of the molecule is Cc1ccc(S(=O)(=O)n2ccc(C(=O)N3C4CCNCC3CC4)c2)cc1. The van der Waals surface area contributed by atoms with E-state index in [4.69, 9.17) is 0 Å². The topological polar surface area (TPSA) is 71.4 Å². The van der Waals surface area contributed by atoms with Crippen molar-refractivity contribution < 1.29 is 13.2 Å². The third-order valence-electron chi connectivity index (χ3n) is 5.40. The summed E-state index contributed by atoms with van der Waals surface area (Å²) in [5, 5.41) is 3.38. The Bertz CT molecular complexity index is 904. The molecule has 6 nitrogen and oxygen atoms in total. The number of benzene rings is 1. The van der Waals surface area contributed by atoms with Crippen molar-refractivity contribution in [3.63, 3.8) is 0 Å². The van der Waals surface area contributed by atoms with Crippen LogP contribution in [0.5, 0.6) is 0 Å². The van der Waals surface area contributed by atoms with Gasteiger partial charge >= 0.3 is 0 Å². The molecule has 1 amide bonds. The first kappa shape index (κ1) is 17.3. The number of rotatable bonds is 3. The van der Waals surface area contributed by atoms with Gasteiger partial charge in [0.2, 0.25) is 0 Å². The molecule has 2 fully saturated rings. The fraction of sp³-hybridized carbons (Fsp3) is 0.421. The van der Waals surface area contributed by atoms with E-state index in [0.717, 1.165) is 41.9 Å². The van der Waals surface area contributed by atoms with Crippen LogP contribution >= 0.6 is 0 Å². The zero-order valence-corrected chi connectivity index (χ0v) is 15.6. The zero-order valence-electron chi connectivity index (χ0n) is 14.8. The molecule has 2 aliphatic rings. The summed E-state index contributed by atoms with van der Waals surface area (Å²) in [6.45, 7) is 3.64. The second-order valence-electron chi connectivity index (χ2n) is 7.14. The Balaban J connectivity index is 1.61. The summed E-state index contributed by atoms with van der Waals surface area (Å²) in [6.07, 6.45) is 5.88. The molecule has 1 aromatic carbocycles. The van der Waals surface area contributed by atoms with Crippen LogP contribution in [0.1, 0.15) is 35.2 Å². The van der Waals surface area contributed by atoms with E-state index in [0.29, 0.717) is 5.56 Å². The molecule has 0 radical (unpaired) electrons. The number of amides is 1. The predicted molar refractivity (Wildman–Crippen MR) is 98.7 cm³/mol. The van der Waals surface area contributed by atoms with Gasteiger partial charge in [-0.2, -0.15) is 0 Å². The zero-order chi connectivity index (χ0) is 18.3. The molecule has 0 aliphatic carbocycles. The number of nitrogens with one attached hydrogen (secondary N) is 1. The van der Waals surface area contributed by atoms with Gasteiger partial charge in [-0.05, 0) is 50.9 Å². The minimum absolute atomic E-state index is 0.0703. The number of nitrogens with zero attached hydrogens (tertiary/aromatic N) is 2. The van der Waals surface area contributed by atoms with Gasteiger partial charge in [0.1, 0.15) is 0 Å². The lowest BCUT2D eigenvalue weighted by atomic mass is 10.1. The Morgan fingerprint density at radius 2 is 1.81 bits per heavy atom. The van der Waals surface area contributed by atoms with E-state index in [1.807, 2.05) is 11.8 Å². The molecule has 2 atom stereocenters. The highest BCUT2D eigenvalue weighted by Crippen LogP contribution is 2.30. The maximum absolute atomic E-state index is 13.0. The van der Waals surface area contributed by atoms with E-state index in [1.165, 1.54) is 12.4 Å². The predicted octanol–water partition coefficient (Wildman–Crippen LogP) is 2.00. The van der Waals surface area contributed by atoms with Crippen LogP contribution < -0.4 is 5.32 Å². The molecule has 2 aliphatic heterocycles. The van der Waals surface area contributed by atoms with Gasteiger partial charge in [0.05, 0.1) is 10.5 Å². The van der Waals surface area contributed by atoms with Crippen molar-refractivity contribution in [2.24, 2.45) is 0 Å². The number of aromatic nitrogens is 1. The second-order valence-corrected chi connectivity index (χ2v) is 8.98. The van der Waals surface area contributed by atoms with Crippen LogP contribution in [0.3, 0.4) is 0 Å². The highest BCUT2D eigenvalue weighted by molar-refractivity contribution is 7.90. The smallest absolute Gasteiger partial charge is 0.267 e. The first-order chi connectivity index (χ1) is 12.5. The Hall–Kier alpha value is -2.12. The van der Waals surface area contributed by atoms with E-state index >= 15 is 0 Å². The van der Waals surface area contributed by atoms with Gasteiger partial charge in [-0.25, -0.2) is 12.4 Å². The summed E-state index contributed by atoms with van der Waals surface area (Å²) in [4.78, 5) is 15.2. The summed E-state index contributed by atoms with van der Waals surface area (Å²) in [7, 11) is -3.68. The van der Waals surface area contributed by atoms with Crippen LogP contribution in [0, 0.1) is 6.92 Å². The molecule has 2 unspecified atom stereocenters. The van der Waals surface area contributed by atoms with E-state index < -0.39 is 10.0 Å². The van der Waals surface area contributed by atoms with Crippen LogP contribution in [0.2, 0.25) is 0 Å². The maximum Gasteiger partial charge on any atom is 0.267 e. The third kappa shape index (κ3) is 2.95. The molecule has 7 heteroatoms. The van der Waals surface area contributed by atoms with Crippen molar-refractivity contribution in [3.8, 4) is 0 Å². The van der Waals surface area contributed by atoms with Crippen LogP contribution in [0.25, 0.3) is 0 Å². The van der Waals surface area contributed by atoms with Crippen molar-refractivity contribution >= 4 is 15.9 Å². The fourth-order valence-electron chi connectivity index (χ4n) is 3.95. The molecule has 26 heavy (non-hydrogen) atoms. The van der Waals surface area contributed by atoms with Crippen molar-refractivity contribution in [1.29, 1.82) is 0 Å². The molecule has 138 valence electrons. The minimum atomic E-state index is -3.68. The first-order valence-electron chi connectivity index (χ1n) is 9.00. The highest BCUT2D eigenvalue weighted by Gasteiger charge is 2.38. The standard InChI is InChI=1S/C19H23N3O3S/c1-14-2-6-18(7-3-14)26(24,25)21-11-9-15(13-21)19(23)22-16-4-5-17(22)12-20-10-8-16/h2-3,6-7,9,11,13,16-17,20H,4-5,8,10,12H2,1H3. The lowest BCUT2D eigenvalue weighted by molar-refractivity contribution is 0.0680. The Morgan fingerprint density at radius 3 is 2.58 bits per heavy atom. The molecule has 1 N–H and O–H groups in total. The van der Waals surface area contributed by atoms with Gasteiger partial charge in [-0.3, -0.25) is 4.79 Å². The lowest BCUT2D eigenvalue weighted by Crippen LogP contribution is -2.42. The minimum Gasteiger partial charge on any atom is -0.331 e. The highest BCUT2D eigenvalue weighted by atomic mass is 32.2. The lowest BCUT2D eigenvalue weighted by Gasteiger charge is -2.27.